The van der Waals surface area contributed by atoms with Gasteiger partial charge in [0.25, 0.3) is 5.91 Å². The van der Waals surface area contributed by atoms with Crippen LogP contribution in [0.1, 0.15) is 34.2 Å². The second-order valence-electron chi connectivity index (χ2n) is 6.75. The Hall–Kier alpha value is -3.41. The molecule has 0 aliphatic carbocycles. The molecule has 0 bridgehead atoms. The molecule has 3 N–H and O–H groups in total. The normalized spacial score (nSPS) is 10.4. The highest BCUT2D eigenvalue weighted by molar-refractivity contribution is 6.04. The summed E-state index contributed by atoms with van der Waals surface area (Å²) < 4.78 is 0. The van der Waals surface area contributed by atoms with E-state index in [2.05, 4.69) is 25.9 Å². The van der Waals surface area contributed by atoms with E-state index in [1.807, 2.05) is 76.2 Å². The Morgan fingerprint density at radius 2 is 1.46 bits per heavy atom. The standard InChI is InChI=1S/C22H25N5O/c1-5-23-20-13-21(25-16(4)24-20)26-18-6-8-19(9-7-18)27-22(28)17-11-14(2)10-15(3)12-17/h6-13H,5H2,1-4H3,(H,27,28)(H2,23,24,25,26). The van der Waals surface area contributed by atoms with Gasteiger partial charge in [0.2, 0.25) is 0 Å². The van der Waals surface area contributed by atoms with Crippen LogP contribution in [0, 0.1) is 20.8 Å². The Kier molecular flexibility index (Phi) is 5.89. The Balaban J connectivity index is 1.69. The van der Waals surface area contributed by atoms with E-state index >= 15 is 0 Å². The predicted molar refractivity (Wildman–Crippen MR) is 115 cm³/mol. The minimum Gasteiger partial charge on any atom is -0.370 e. The molecule has 1 amide bonds. The van der Waals surface area contributed by atoms with Crippen LogP contribution in [-0.2, 0) is 0 Å². The van der Waals surface area contributed by atoms with Crippen LogP contribution < -0.4 is 16.0 Å². The number of aromatic nitrogens is 2. The van der Waals surface area contributed by atoms with Crippen molar-refractivity contribution in [2.24, 2.45) is 0 Å². The maximum atomic E-state index is 12.5. The molecule has 0 unspecified atom stereocenters. The fourth-order valence-electron chi connectivity index (χ4n) is 3.00. The van der Waals surface area contributed by atoms with Gasteiger partial charge in [-0.25, -0.2) is 9.97 Å². The summed E-state index contributed by atoms with van der Waals surface area (Å²) in [6.45, 7) is 8.65. The minimum atomic E-state index is -0.116. The van der Waals surface area contributed by atoms with E-state index in [4.69, 9.17) is 0 Å². The van der Waals surface area contributed by atoms with Gasteiger partial charge in [-0.2, -0.15) is 0 Å². The zero-order valence-corrected chi connectivity index (χ0v) is 16.6. The van der Waals surface area contributed by atoms with Crippen LogP contribution in [0.3, 0.4) is 0 Å². The van der Waals surface area contributed by atoms with Gasteiger partial charge in [0.15, 0.2) is 0 Å². The van der Waals surface area contributed by atoms with Gasteiger partial charge in [0.05, 0.1) is 0 Å². The smallest absolute Gasteiger partial charge is 0.255 e. The van der Waals surface area contributed by atoms with Crippen molar-refractivity contribution in [3.8, 4) is 0 Å². The molecule has 0 aliphatic heterocycles. The molecule has 0 fully saturated rings. The summed E-state index contributed by atoms with van der Waals surface area (Å²) in [6.07, 6.45) is 0. The molecule has 0 aliphatic rings. The lowest BCUT2D eigenvalue weighted by Gasteiger charge is -2.11. The number of carbonyl (C=O) groups is 1. The summed E-state index contributed by atoms with van der Waals surface area (Å²) >= 11 is 0. The molecule has 3 aromatic rings. The van der Waals surface area contributed by atoms with Crippen molar-refractivity contribution in [1.29, 1.82) is 0 Å². The van der Waals surface area contributed by atoms with E-state index in [9.17, 15) is 4.79 Å². The third-order valence-corrected chi connectivity index (χ3v) is 4.09. The maximum absolute atomic E-state index is 12.5. The second kappa shape index (κ2) is 8.52. The fraction of sp³-hybridized carbons (Fsp3) is 0.227. The van der Waals surface area contributed by atoms with Crippen molar-refractivity contribution >= 4 is 28.9 Å². The van der Waals surface area contributed by atoms with Crippen LogP contribution in [0.2, 0.25) is 0 Å². The lowest BCUT2D eigenvalue weighted by atomic mass is 10.1. The van der Waals surface area contributed by atoms with E-state index in [1.165, 1.54) is 0 Å². The van der Waals surface area contributed by atoms with E-state index in [1.54, 1.807) is 0 Å². The van der Waals surface area contributed by atoms with Crippen molar-refractivity contribution < 1.29 is 4.79 Å². The molecular weight excluding hydrogens is 350 g/mol. The highest BCUT2D eigenvalue weighted by atomic mass is 16.1. The first kappa shape index (κ1) is 19.4. The Morgan fingerprint density at radius 1 is 0.857 bits per heavy atom. The quantitative estimate of drug-likeness (QED) is 0.575. The largest absolute Gasteiger partial charge is 0.370 e. The number of hydrogen-bond donors (Lipinski definition) is 3. The zero-order valence-electron chi connectivity index (χ0n) is 16.6. The molecule has 144 valence electrons. The summed E-state index contributed by atoms with van der Waals surface area (Å²) in [5.41, 5.74) is 4.42. The predicted octanol–water partition coefficient (Wildman–Crippen LogP) is 4.83. The third kappa shape index (κ3) is 5.07. The van der Waals surface area contributed by atoms with Crippen molar-refractivity contribution in [2.75, 3.05) is 22.5 Å². The topological polar surface area (TPSA) is 78.9 Å². The summed E-state index contributed by atoms with van der Waals surface area (Å²) in [4.78, 5) is 21.2. The molecule has 0 atom stereocenters. The van der Waals surface area contributed by atoms with Gasteiger partial charge in [-0.1, -0.05) is 17.2 Å². The Morgan fingerprint density at radius 3 is 2.11 bits per heavy atom. The molecule has 2 aromatic carbocycles. The number of rotatable bonds is 6. The molecule has 1 heterocycles. The number of nitrogens with one attached hydrogen (secondary N) is 3. The van der Waals surface area contributed by atoms with Crippen LogP contribution in [0.25, 0.3) is 0 Å². The Labute approximate surface area is 165 Å². The summed E-state index contributed by atoms with van der Waals surface area (Å²) in [7, 11) is 0. The highest BCUT2D eigenvalue weighted by Gasteiger charge is 2.08. The number of hydrogen-bond acceptors (Lipinski definition) is 5. The molecule has 3 rings (SSSR count). The number of carbonyl (C=O) groups excluding carboxylic acids is 1. The van der Waals surface area contributed by atoms with Gasteiger partial charge in [-0.3, -0.25) is 4.79 Å². The van der Waals surface area contributed by atoms with E-state index in [0.29, 0.717) is 11.4 Å². The van der Waals surface area contributed by atoms with Crippen molar-refractivity contribution in [3.63, 3.8) is 0 Å². The van der Waals surface area contributed by atoms with Gasteiger partial charge in [0.1, 0.15) is 17.5 Å². The second-order valence-corrected chi connectivity index (χ2v) is 6.75. The lowest BCUT2D eigenvalue weighted by Crippen LogP contribution is -2.12. The number of amides is 1. The molecule has 0 spiro atoms. The van der Waals surface area contributed by atoms with Gasteiger partial charge < -0.3 is 16.0 Å². The van der Waals surface area contributed by atoms with E-state index in [0.717, 1.165) is 40.7 Å². The first-order valence-corrected chi connectivity index (χ1v) is 9.29. The maximum Gasteiger partial charge on any atom is 0.255 e. The molecule has 0 radical (unpaired) electrons. The number of nitrogens with zero attached hydrogens (tertiary/aromatic N) is 2. The summed E-state index contributed by atoms with van der Waals surface area (Å²) in [5, 5.41) is 9.39. The third-order valence-electron chi connectivity index (χ3n) is 4.09. The molecule has 28 heavy (non-hydrogen) atoms. The van der Waals surface area contributed by atoms with Crippen molar-refractivity contribution in [1.82, 2.24) is 9.97 Å². The average Bonchev–Trinajstić information content (AvgIpc) is 2.62. The number of anilines is 4. The molecular formula is C22H25N5O. The molecule has 6 heteroatoms. The van der Waals surface area contributed by atoms with Crippen LogP contribution in [-0.4, -0.2) is 22.4 Å². The lowest BCUT2D eigenvalue weighted by molar-refractivity contribution is 0.102. The molecule has 1 aromatic heterocycles. The number of aryl methyl sites for hydroxylation is 3. The highest BCUT2D eigenvalue weighted by Crippen LogP contribution is 2.20. The first-order valence-electron chi connectivity index (χ1n) is 9.29. The zero-order chi connectivity index (χ0) is 20.1. The van der Waals surface area contributed by atoms with Gasteiger partial charge in [-0.15, -0.1) is 0 Å². The van der Waals surface area contributed by atoms with Gasteiger partial charge in [0, 0.05) is 29.5 Å². The van der Waals surface area contributed by atoms with Crippen molar-refractivity contribution in [2.45, 2.75) is 27.7 Å². The molecule has 6 nitrogen and oxygen atoms in total. The van der Waals surface area contributed by atoms with E-state index in [-0.39, 0.29) is 5.91 Å². The monoisotopic (exact) mass is 375 g/mol. The SMILES string of the molecule is CCNc1cc(Nc2ccc(NC(=O)c3cc(C)cc(C)c3)cc2)nc(C)n1. The van der Waals surface area contributed by atoms with Crippen molar-refractivity contribution in [3.05, 3.63) is 71.0 Å². The first-order chi connectivity index (χ1) is 13.4. The van der Waals surface area contributed by atoms with Gasteiger partial charge >= 0.3 is 0 Å². The molecule has 0 saturated heterocycles. The Bertz CT molecular complexity index is 962. The van der Waals surface area contributed by atoms with Crippen LogP contribution in [0.5, 0.6) is 0 Å². The van der Waals surface area contributed by atoms with E-state index < -0.39 is 0 Å². The summed E-state index contributed by atoms with van der Waals surface area (Å²) in [5.74, 6) is 2.08. The summed E-state index contributed by atoms with van der Waals surface area (Å²) in [6, 6.07) is 15.2. The number of benzene rings is 2. The average molecular weight is 375 g/mol. The fourth-order valence-corrected chi connectivity index (χ4v) is 3.00. The minimum absolute atomic E-state index is 0.116. The van der Waals surface area contributed by atoms with Crippen LogP contribution in [0.15, 0.2) is 48.5 Å². The van der Waals surface area contributed by atoms with Gasteiger partial charge in [-0.05, 0) is 64.1 Å². The van der Waals surface area contributed by atoms with Crippen LogP contribution >= 0.6 is 0 Å². The van der Waals surface area contributed by atoms with Crippen LogP contribution in [0.4, 0.5) is 23.0 Å². The molecule has 0 saturated carbocycles.